The molecule has 3 N–H and O–H groups in total. The summed E-state index contributed by atoms with van der Waals surface area (Å²) >= 11 is 0. The number of piperidine rings is 1. The van der Waals surface area contributed by atoms with Crippen LogP contribution in [-0.4, -0.2) is 54.5 Å². The van der Waals surface area contributed by atoms with Crippen LogP contribution in [0, 0.1) is 5.92 Å². The number of alkyl halides is 6. The molecule has 1 heterocycles. The van der Waals surface area contributed by atoms with E-state index in [1.165, 1.54) is 4.90 Å². The summed E-state index contributed by atoms with van der Waals surface area (Å²) in [6, 6.07) is 0. The maximum Gasteiger partial charge on any atom is 0.490 e. The van der Waals surface area contributed by atoms with Crippen LogP contribution in [-0.2, 0) is 4.79 Å². The molecule has 0 saturated carbocycles. The number of nitrogens with zero attached hydrogens (tertiary/aromatic N) is 1. The van der Waals surface area contributed by atoms with Crippen molar-refractivity contribution in [2.45, 2.75) is 25.2 Å². The van der Waals surface area contributed by atoms with Crippen molar-refractivity contribution < 1.29 is 36.2 Å². The van der Waals surface area contributed by atoms with Crippen molar-refractivity contribution in [3.05, 3.63) is 0 Å². The molecule has 0 radical (unpaired) electrons. The molecule has 120 valence electrons. The minimum absolute atomic E-state index is 0.421. The van der Waals surface area contributed by atoms with Gasteiger partial charge in [-0.05, 0) is 38.4 Å². The summed E-state index contributed by atoms with van der Waals surface area (Å²) in [5.74, 6) is -2.34. The van der Waals surface area contributed by atoms with Gasteiger partial charge in [-0.3, -0.25) is 4.90 Å². The predicted octanol–water partition coefficient (Wildman–Crippen LogP) is 1.85. The summed E-state index contributed by atoms with van der Waals surface area (Å²) in [7, 11) is 0. The molecule has 0 aliphatic carbocycles. The van der Waals surface area contributed by atoms with Gasteiger partial charge in [-0.25, -0.2) is 4.79 Å². The summed E-state index contributed by atoms with van der Waals surface area (Å²) in [6.07, 6.45) is -7.55. The molecule has 0 bridgehead atoms. The van der Waals surface area contributed by atoms with Gasteiger partial charge in [-0.1, -0.05) is 0 Å². The van der Waals surface area contributed by atoms with Crippen LogP contribution in [0.1, 0.15) is 12.8 Å². The molecule has 0 aromatic heterocycles. The van der Waals surface area contributed by atoms with Gasteiger partial charge >= 0.3 is 18.3 Å². The van der Waals surface area contributed by atoms with Gasteiger partial charge in [0.05, 0.1) is 6.54 Å². The highest BCUT2D eigenvalue weighted by atomic mass is 19.4. The molecule has 20 heavy (non-hydrogen) atoms. The summed E-state index contributed by atoms with van der Waals surface area (Å²) in [5, 5.41) is 7.12. The molecule has 1 aliphatic rings. The number of nitrogens with two attached hydrogens (primary N) is 1. The first-order valence-corrected chi connectivity index (χ1v) is 5.75. The largest absolute Gasteiger partial charge is 0.490 e. The van der Waals surface area contributed by atoms with Crippen molar-refractivity contribution in [2.75, 3.05) is 26.2 Å². The predicted molar refractivity (Wildman–Crippen MR) is 58.0 cm³/mol. The maximum absolute atomic E-state index is 12.0. The molecule has 1 aliphatic heterocycles. The molecule has 0 atom stereocenters. The smallest absolute Gasteiger partial charge is 0.475 e. The number of carboxylic acid groups (broad SMARTS) is 1. The quantitative estimate of drug-likeness (QED) is 0.764. The number of hydrogen-bond acceptors (Lipinski definition) is 3. The zero-order valence-electron chi connectivity index (χ0n) is 10.5. The Balaban J connectivity index is 0.000000441. The average molecular weight is 310 g/mol. The van der Waals surface area contributed by atoms with Crippen molar-refractivity contribution in [1.82, 2.24) is 4.90 Å². The van der Waals surface area contributed by atoms with Crippen molar-refractivity contribution >= 4 is 5.97 Å². The number of carboxylic acids is 1. The number of hydrogen-bond donors (Lipinski definition) is 2. The van der Waals surface area contributed by atoms with Gasteiger partial charge in [0.2, 0.25) is 0 Å². The van der Waals surface area contributed by atoms with Crippen molar-refractivity contribution in [1.29, 1.82) is 0 Å². The van der Waals surface area contributed by atoms with Crippen LogP contribution < -0.4 is 5.73 Å². The third kappa shape index (κ3) is 8.97. The summed E-state index contributed by atoms with van der Waals surface area (Å²) < 4.78 is 67.6. The maximum atomic E-state index is 12.0. The average Bonchev–Trinajstić information content (AvgIpc) is 2.27. The number of halogens is 6. The first-order chi connectivity index (χ1) is 8.95. The molecule has 1 rings (SSSR count). The zero-order chi connectivity index (χ0) is 16.0. The number of likely N-dealkylation sites (tertiary alicyclic amines) is 1. The van der Waals surface area contributed by atoms with Crippen LogP contribution >= 0.6 is 0 Å². The molecule has 0 aromatic carbocycles. The van der Waals surface area contributed by atoms with Crippen LogP contribution in [0.4, 0.5) is 26.3 Å². The highest BCUT2D eigenvalue weighted by molar-refractivity contribution is 5.73. The lowest BCUT2D eigenvalue weighted by molar-refractivity contribution is -0.192. The molecule has 4 nitrogen and oxygen atoms in total. The Kier molecular flexibility index (Phi) is 7.28. The van der Waals surface area contributed by atoms with Crippen LogP contribution in [0.15, 0.2) is 0 Å². The lowest BCUT2D eigenvalue weighted by Gasteiger charge is -2.31. The number of carbonyl (C=O) groups is 1. The van der Waals surface area contributed by atoms with Crippen molar-refractivity contribution in [3.8, 4) is 0 Å². The van der Waals surface area contributed by atoms with Gasteiger partial charge in [0, 0.05) is 0 Å². The van der Waals surface area contributed by atoms with E-state index in [-0.39, 0.29) is 0 Å². The minimum atomic E-state index is -5.08. The van der Waals surface area contributed by atoms with E-state index in [2.05, 4.69) is 0 Å². The van der Waals surface area contributed by atoms with Gasteiger partial charge in [-0.15, -0.1) is 0 Å². The van der Waals surface area contributed by atoms with Crippen LogP contribution in [0.5, 0.6) is 0 Å². The van der Waals surface area contributed by atoms with Gasteiger partial charge in [0.15, 0.2) is 0 Å². The Labute approximate surface area is 111 Å². The summed E-state index contributed by atoms with van der Waals surface area (Å²) in [4.78, 5) is 10.3. The lowest BCUT2D eigenvalue weighted by Crippen LogP contribution is -2.41. The fourth-order valence-electron chi connectivity index (χ4n) is 1.63. The molecule has 1 saturated heterocycles. The third-order valence-electron chi connectivity index (χ3n) is 2.69. The van der Waals surface area contributed by atoms with Crippen molar-refractivity contribution in [2.24, 2.45) is 11.7 Å². The summed E-state index contributed by atoms with van der Waals surface area (Å²) in [5.41, 5.74) is 5.44. The molecular formula is C10H16F6N2O2. The van der Waals surface area contributed by atoms with E-state index in [9.17, 15) is 26.3 Å². The Morgan fingerprint density at radius 3 is 1.80 bits per heavy atom. The van der Waals surface area contributed by atoms with E-state index >= 15 is 0 Å². The van der Waals surface area contributed by atoms with E-state index in [0.29, 0.717) is 25.6 Å². The fourth-order valence-corrected chi connectivity index (χ4v) is 1.63. The first-order valence-electron chi connectivity index (χ1n) is 5.75. The molecular weight excluding hydrogens is 294 g/mol. The Hall–Kier alpha value is -1.03. The lowest BCUT2D eigenvalue weighted by atomic mass is 9.97. The van der Waals surface area contributed by atoms with Gasteiger partial charge in [-0.2, -0.15) is 26.3 Å². The molecule has 0 spiro atoms. The highest BCUT2D eigenvalue weighted by Gasteiger charge is 2.38. The van der Waals surface area contributed by atoms with E-state index in [0.717, 1.165) is 12.8 Å². The highest BCUT2D eigenvalue weighted by Crippen LogP contribution is 2.21. The van der Waals surface area contributed by atoms with E-state index in [4.69, 9.17) is 15.6 Å². The van der Waals surface area contributed by atoms with E-state index in [1.807, 2.05) is 0 Å². The molecule has 0 aromatic rings. The van der Waals surface area contributed by atoms with Crippen LogP contribution in [0.2, 0.25) is 0 Å². The minimum Gasteiger partial charge on any atom is -0.475 e. The third-order valence-corrected chi connectivity index (χ3v) is 2.69. The molecule has 1 fully saturated rings. The van der Waals surface area contributed by atoms with Gasteiger partial charge in [0.1, 0.15) is 0 Å². The fraction of sp³-hybridized carbons (Fsp3) is 0.900. The Morgan fingerprint density at radius 2 is 1.55 bits per heavy atom. The Bertz CT molecular complexity index is 297. The van der Waals surface area contributed by atoms with E-state index < -0.39 is 24.9 Å². The second-order valence-corrected chi connectivity index (χ2v) is 4.37. The molecule has 0 amide bonds. The second kappa shape index (κ2) is 7.67. The summed E-state index contributed by atoms with van der Waals surface area (Å²) in [6.45, 7) is 0.882. The van der Waals surface area contributed by atoms with Gasteiger partial charge < -0.3 is 10.8 Å². The van der Waals surface area contributed by atoms with E-state index in [1.54, 1.807) is 0 Å². The SMILES string of the molecule is NCC1CCN(CC(F)(F)F)CC1.O=C(O)C(F)(F)F. The van der Waals surface area contributed by atoms with Gasteiger partial charge in [0.25, 0.3) is 0 Å². The monoisotopic (exact) mass is 310 g/mol. The molecule has 10 heteroatoms. The standard InChI is InChI=1S/C8H15F3N2.C2HF3O2/c9-8(10,11)6-13-3-1-7(5-12)2-4-13;3-2(4,5)1(6)7/h7H,1-6,12H2;(H,6,7). The number of aliphatic carboxylic acids is 1. The van der Waals surface area contributed by atoms with Crippen LogP contribution in [0.25, 0.3) is 0 Å². The second-order valence-electron chi connectivity index (χ2n) is 4.37. The van der Waals surface area contributed by atoms with Crippen LogP contribution in [0.3, 0.4) is 0 Å². The molecule has 0 unspecified atom stereocenters. The normalized spacial score (nSPS) is 18.4. The van der Waals surface area contributed by atoms with Crippen molar-refractivity contribution in [3.63, 3.8) is 0 Å². The zero-order valence-corrected chi connectivity index (χ0v) is 10.5. The first kappa shape index (κ1) is 19.0. The topological polar surface area (TPSA) is 66.6 Å². The Morgan fingerprint density at radius 1 is 1.15 bits per heavy atom. The number of rotatable bonds is 2.